The summed E-state index contributed by atoms with van der Waals surface area (Å²) >= 11 is 0. The van der Waals surface area contributed by atoms with Crippen LogP contribution in [0.3, 0.4) is 0 Å². The van der Waals surface area contributed by atoms with Gasteiger partial charge in [0.05, 0.1) is 30.4 Å². The predicted molar refractivity (Wildman–Crippen MR) is 118 cm³/mol. The van der Waals surface area contributed by atoms with Crippen molar-refractivity contribution in [3.63, 3.8) is 0 Å². The highest BCUT2D eigenvalue weighted by Crippen LogP contribution is 2.20. The largest absolute Gasteiger partial charge is 0.310 e. The number of para-hydroxylation sites is 2. The fraction of sp³-hybridized carbons (Fsp3) is 0.292. The average molecular weight is 402 g/mol. The molecule has 0 aliphatic heterocycles. The monoisotopic (exact) mass is 401 g/mol. The van der Waals surface area contributed by atoms with E-state index in [-0.39, 0.29) is 12.5 Å². The molecule has 0 bridgehead atoms. The van der Waals surface area contributed by atoms with E-state index >= 15 is 0 Å². The molecule has 0 atom stereocenters. The molecule has 3 rings (SSSR count). The summed E-state index contributed by atoms with van der Waals surface area (Å²) in [5, 5.41) is 13.7. The lowest BCUT2D eigenvalue weighted by Gasteiger charge is -2.25. The molecule has 1 heterocycles. The molecule has 2 aromatic carbocycles. The summed E-state index contributed by atoms with van der Waals surface area (Å²) in [6, 6.07) is 21.7. The predicted octanol–water partition coefficient (Wildman–Crippen LogP) is 3.87. The van der Waals surface area contributed by atoms with Gasteiger partial charge in [-0.25, -0.2) is 4.68 Å². The molecule has 6 nitrogen and oxygen atoms in total. The Labute approximate surface area is 178 Å². The number of aromatic nitrogens is 2. The van der Waals surface area contributed by atoms with Crippen LogP contribution in [0.5, 0.6) is 0 Å². The molecule has 0 aliphatic rings. The summed E-state index contributed by atoms with van der Waals surface area (Å²) in [5.74, 6) is -0.0234. The molecule has 0 spiro atoms. The van der Waals surface area contributed by atoms with E-state index in [2.05, 4.69) is 13.0 Å². The number of nitrogens with zero attached hydrogens (tertiary/aromatic N) is 5. The van der Waals surface area contributed by atoms with Crippen molar-refractivity contribution >= 4 is 11.6 Å². The van der Waals surface area contributed by atoms with E-state index in [1.165, 1.54) is 0 Å². The van der Waals surface area contributed by atoms with Gasteiger partial charge in [0.25, 0.3) is 0 Å². The second-order valence-corrected chi connectivity index (χ2v) is 7.36. The van der Waals surface area contributed by atoms with Gasteiger partial charge in [-0.1, -0.05) is 36.4 Å². The van der Waals surface area contributed by atoms with Crippen LogP contribution in [0.15, 0.2) is 60.7 Å². The minimum absolute atomic E-state index is 0.0234. The third kappa shape index (κ3) is 4.94. The Hall–Kier alpha value is -3.43. The first-order valence-corrected chi connectivity index (χ1v) is 10.0. The zero-order chi connectivity index (χ0) is 21.5. The summed E-state index contributed by atoms with van der Waals surface area (Å²) < 4.78 is 1.95. The van der Waals surface area contributed by atoms with Gasteiger partial charge in [0.2, 0.25) is 5.91 Å². The van der Waals surface area contributed by atoms with E-state index in [0.717, 1.165) is 28.3 Å². The molecule has 0 radical (unpaired) electrons. The van der Waals surface area contributed by atoms with Crippen LogP contribution in [-0.2, 0) is 11.3 Å². The molecular formula is C24H27N5O. The van der Waals surface area contributed by atoms with Crippen molar-refractivity contribution < 1.29 is 4.79 Å². The van der Waals surface area contributed by atoms with Gasteiger partial charge in [0.1, 0.15) is 0 Å². The van der Waals surface area contributed by atoms with Crippen molar-refractivity contribution in [2.24, 2.45) is 0 Å². The van der Waals surface area contributed by atoms with Crippen LogP contribution in [0, 0.1) is 25.2 Å². The van der Waals surface area contributed by atoms with E-state index in [1.54, 1.807) is 4.90 Å². The van der Waals surface area contributed by atoms with Crippen molar-refractivity contribution in [3.05, 3.63) is 77.6 Å². The Kier molecular flexibility index (Phi) is 6.99. The number of hydrogen-bond donors (Lipinski definition) is 0. The number of carbonyl (C=O) groups is 1. The second kappa shape index (κ2) is 9.86. The van der Waals surface area contributed by atoms with Crippen LogP contribution < -0.4 is 4.90 Å². The SMILES string of the molecule is Cc1nn(-c2ccccc2)c(C)c1CN(C)CC(=O)N(CCC#N)c1ccccc1. The fourth-order valence-electron chi connectivity index (χ4n) is 3.53. The fourth-order valence-corrected chi connectivity index (χ4v) is 3.53. The molecule has 0 N–H and O–H groups in total. The molecule has 0 aliphatic carbocycles. The topological polar surface area (TPSA) is 65.2 Å². The minimum atomic E-state index is -0.0234. The molecule has 0 unspecified atom stereocenters. The van der Waals surface area contributed by atoms with Crippen molar-refractivity contribution in [1.82, 2.24) is 14.7 Å². The molecular weight excluding hydrogens is 374 g/mol. The summed E-state index contributed by atoms with van der Waals surface area (Å²) in [7, 11) is 1.93. The zero-order valence-corrected chi connectivity index (χ0v) is 17.7. The third-order valence-corrected chi connectivity index (χ3v) is 5.09. The minimum Gasteiger partial charge on any atom is -0.310 e. The number of aryl methyl sites for hydroxylation is 1. The number of nitriles is 1. The molecule has 1 aromatic heterocycles. The summed E-state index contributed by atoms with van der Waals surface area (Å²) in [5.41, 5.74) is 4.99. The van der Waals surface area contributed by atoms with E-state index in [1.807, 2.05) is 84.2 Å². The molecule has 0 saturated carbocycles. The van der Waals surface area contributed by atoms with Gasteiger partial charge < -0.3 is 4.90 Å². The number of carbonyl (C=O) groups excluding carboxylic acids is 1. The molecule has 154 valence electrons. The standard InChI is InChI=1S/C24H27N5O/c1-19-23(20(2)29(26-19)22-13-8-5-9-14-22)17-27(3)18-24(30)28(16-10-15-25)21-11-6-4-7-12-21/h4-9,11-14H,10,16-18H2,1-3H3. The third-order valence-electron chi connectivity index (χ3n) is 5.09. The van der Waals surface area contributed by atoms with E-state index in [0.29, 0.717) is 19.5 Å². The van der Waals surface area contributed by atoms with Crippen LogP contribution in [0.4, 0.5) is 5.69 Å². The van der Waals surface area contributed by atoms with Crippen LogP contribution in [-0.4, -0.2) is 40.7 Å². The lowest BCUT2D eigenvalue weighted by molar-refractivity contribution is -0.119. The highest BCUT2D eigenvalue weighted by Gasteiger charge is 2.20. The van der Waals surface area contributed by atoms with Gasteiger partial charge >= 0.3 is 0 Å². The normalized spacial score (nSPS) is 10.8. The maximum Gasteiger partial charge on any atom is 0.241 e. The Morgan fingerprint density at radius 3 is 2.33 bits per heavy atom. The van der Waals surface area contributed by atoms with Gasteiger partial charge in [0, 0.05) is 30.0 Å². The van der Waals surface area contributed by atoms with Crippen LogP contribution >= 0.6 is 0 Å². The smallest absolute Gasteiger partial charge is 0.241 e. The van der Waals surface area contributed by atoms with Crippen molar-refractivity contribution in [1.29, 1.82) is 5.26 Å². The van der Waals surface area contributed by atoms with Gasteiger partial charge in [-0.2, -0.15) is 10.4 Å². The summed E-state index contributed by atoms with van der Waals surface area (Å²) in [6.45, 7) is 5.33. The van der Waals surface area contributed by atoms with E-state index < -0.39 is 0 Å². The van der Waals surface area contributed by atoms with Crippen LogP contribution in [0.25, 0.3) is 5.69 Å². The number of likely N-dealkylation sites (N-methyl/N-ethyl adjacent to an activating group) is 1. The number of amides is 1. The number of hydrogen-bond acceptors (Lipinski definition) is 4. The number of rotatable bonds is 8. The average Bonchev–Trinajstić information content (AvgIpc) is 3.03. The maximum absolute atomic E-state index is 13.0. The van der Waals surface area contributed by atoms with Gasteiger partial charge in [0.15, 0.2) is 0 Å². The second-order valence-electron chi connectivity index (χ2n) is 7.36. The lowest BCUT2D eigenvalue weighted by Crippen LogP contribution is -2.39. The molecule has 1 amide bonds. The Morgan fingerprint density at radius 2 is 1.70 bits per heavy atom. The molecule has 30 heavy (non-hydrogen) atoms. The van der Waals surface area contributed by atoms with Gasteiger partial charge in [-0.05, 0) is 45.2 Å². The Bertz CT molecular complexity index is 1020. The van der Waals surface area contributed by atoms with Gasteiger partial charge in [-0.3, -0.25) is 9.69 Å². The lowest BCUT2D eigenvalue weighted by atomic mass is 10.2. The molecule has 0 saturated heterocycles. The highest BCUT2D eigenvalue weighted by molar-refractivity contribution is 5.94. The maximum atomic E-state index is 13.0. The van der Waals surface area contributed by atoms with Crippen LogP contribution in [0.2, 0.25) is 0 Å². The Balaban J connectivity index is 1.73. The number of benzene rings is 2. The van der Waals surface area contributed by atoms with E-state index in [9.17, 15) is 4.79 Å². The molecule has 0 fully saturated rings. The summed E-state index contributed by atoms with van der Waals surface area (Å²) in [4.78, 5) is 16.7. The van der Waals surface area contributed by atoms with Crippen molar-refractivity contribution in [2.75, 3.05) is 25.0 Å². The first-order chi connectivity index (χ1) is 14.5. The van der Waals surface area contributed by atoms with Crippen molar-refractivity contribution in [3.8, 4) is 11.8 Å². The first kappa shape index (κ1) is 21.3. The first-order valence-electron chi connectivity index (χ1n) is 10.0. The van der Waals surface area contributed by atoms with E-state index in [4.69, 9.17) is 10.4 Å². The Morgan fingerprint density at radius 1 is 1.07 bits per heavy atom. The molecule has 6 heteroatoms. The van der Waals surface area contributed by atoms with Gasteiger partial charge in [-0.15, -0.1) is 0 Å². The quantitative estimate of drug-likeness (QED) is 0.575. The molecule has 3 aromatic rings. The number of anilines is 1. The summed E-state index contributed by atoms with van der Waals surface area (Å²) in [6.07, 6.45) is 0.298. The highest BCUT2D eigenvalue weighted by atomic mass is 16.2. The zero-order valence-electron chi connectivity index (χ0n) is 17.7. The van der Waals surface area contributed by atoms with Crippen LogP contribution in [0.1, 0.15) is 23.4 Å². The van der Waals surface area contributed by atoms with Crippen molar-refractivity contribution in [2.45, 2.75) is 26.8 Å².